The molecule has 3 N–H and O–H groups in total. The van der Waals surface area contributed by atoms with E-state index in [1.807, 2.05) is 19.2 Å². The number of fused-ring (bicyclic) bond motifs is 1. The Bertz CT molecular complexity index is 861. The van der Waals surface area contributed by atoms with Gasteiger partial charge in [0, 0.05) is 62.0 Å². The van der Waals surface area contributed by atoms with E-state index in [1.165, 1.54) is 5.69 Å². The Labute approximate surface area is 180 Å². The van der Waals surface area contributed by atoms with Crippen molar-refractivity contribution in [3.8, 4) is 11.5 Å². The maximum atomic E-state index is 5.51. The van der Waals surface area contributed by atoms with Gasteiger partial charge in [-0.3, -0.25) is 9.89 Å². The van der Waals surface area contributed by atoms with Gasteiger partial charge in [-0.05, 0) is 38.7 Å². The van der Waals surface area contributed by atoms with E-state index in [2.05, 4.69) is 52.3 Å². The number of nitrogens with zero attached hydrogens (tertiary/aromatic N) is 2. The Hall–Kier alpha value is -2.41. The summed E-state index contributed by atoms with van der Waals surface area (Å²) >= 11 is 0. The molecule has 166 valence electrons. The smallest absolute Gasteiger partial charge is 0.191 e. The van der Waals surface area contributed by atoms with Crippen LogP contribution in [0.3, 0.4) is 0 Å². The maximum Gasteiger partial charge on any atom is 0.191 e. The van der Waals surface area contributed by atoms with Gasteiger partial charge in [0.05, 0.1) is 19.7 Å². The zero-order chi connectivity index (χ0) is 21.7. The van der Waals surface area contributed by atoms with Crippen LogP contribution in [0.4, 0.5) is 0 Å². The van der Waals surface area contributed by atoms with Crippen molar-refractivity contribution in [2.45, 2.75) is 45.7 Å². The fourth-order valence-electron chi connectivity index (χ4n) is 4.13. The van der Waals surface area contributed by atoms with Gasteiger partial charge in [0.1, 0.15) is 11.5 Å². The van der Waals surface area contributed by atoms with Crippen molar-refractivity contribution < 1.29 is 9.47 Å². The third-order valence-corrected chi connectivity index (χ3v) is 6.02. The van der Waals surface area contributed by atoms with Crippen LogP contribution in [0, 0.1) is 5.92 Å². The highest BCUT2D eigenvalue weighted by Gasteiger charge is 2.31. The van der Waals surface area contributed by atoms with Gasteiger partial charge in [-0.15, -0.1) is 0 Å². The molecule has 1 aliphatic heterocycles. The molecule has 0 amide bonds. The van der Waals surface area contributed by atoms with E-state index in [4.69, 9.17) is 9.47 Å². The summed E-state index contributed by atoms with van der Waals surface area (Å²) in [6.07, 6.45) is 1.95. The van der Waals surface area contributed by atoms with Crippen molar-refractivity contribution in [1.82, 2.24) is 20.5 Å². The largest absolute Gasteiger partial charge is 0.497 e. The molecule has 0 radical (unpaired) electrons. The van der Waals surface area contributed by atoms with Gasteiger partial charge in [-0.2, -0.15) is 0 Å². The zero-order valence-corrected chi connectivity index (χ0v) is 19.2. The first kappa shape index (κ1) is 22.3. The number of aryl methyl sites for hydroxylation is 1. The molecular weight excluding hydrogens is 378 g/mol. The Morgan fingerprint density at radius 3 is 2.67 bits per heavy atom. The van der Waals surface area contributed by atoms with E-state index < -0.39 is 0 Å². The molecule has 1 aliphatic rings. The molecule has 2 aromatic rings. The van der Waals surface area contributed by atoms with E-state index >= 15 is 0 Å². The van der Waals surface area contributed by atoms with Gasteiger partial charge in [0.15, 0.2) is 5.96 Å². The summed E-state index contributed by atoms with van der Waals surface area (Å²) in [5.41, 5.74) is 2.23. The predicted octanol–water partition coefficient (Wildman–Crippen LogP) is 3.01. The molecule has 0 saturated carbocycles. The fraction of sp³-hybridized carbons (Fsp3) is 0.609. The highest BCUT2D eigenvalue weighted by atomic mass is 16.5. The Balaban J connectivity index is 1.50. The average molecular weight is 416 g/mol. The normalized spacial score (nSPS) is 20.2. The number of methoxy groups -OCH3 is 2. The summed E-state index contributed by atoms with van der Waals surface area (Å²) in [6, 6.07) is 7.12. The summed E-state index contributed by atoms with van der Waals surface area (Å²) in [5.74, 6) is 3.13. The second-order valence-corrected chi connectivity index (χ2v) is 8.46. The number of benzene rings is 1. The third-order valence-electron chi connectivity index (χ3n) is 6.02. The molecule has 2 unspecified atom stereocenters. The molecule has 2 heterocycles. The Morgan fingerprint density at radius 1 is 1.23 bits per heavy atom. The minimum absolute atomic E-state index is 0.440. The monoisotopic (exact) mass is 415 g/mol. The van der Waals surface area contributed by atoms with Crippen LogP contribution < -0.4 is 20.1 Å². The second-order valence-electron chi connectivity index (χ2n) is 8.46. The minimum Gasteiger partial charge on any atom is -0.497 e. The van der Waals surface area contributed by atoms with Gasteiger partial charge in [0.2, 0.25) is 0 Å². The van der Waals surface area contributed by atoms with Gasteiger partial charge in [-0.1, -0.05) is 6.92 Å². The summed E-state index contributed by atoms with van der Waals surface area (Å²) in [7, 11) is 5.20. The SMILES string of the molecule is CN=C(NCCCc1cc2c(OC)cc(OC)cc2[nH]1)NC1CN(C(C)C)CC1C. The van der Waals surface area contributed by atoms with Crippen LogP contribution in [0.2, 0.25) is 0 Å². The molecule has 2 atom stereocenters. The molecule has 1 fully saturated rings. The molecule has 1 aromatic carbocycles. The lowest BCUT2D eigenvalue weighted by Gasteiger charge is -2.21. The van der Waals surface area contributed by atoms with E-state index in [-0.39, 0.29) is 0 Å². The number of hydrogen-bond donors (Lipinski definition) is 3. The lowest BCUT2D eigenvalue weighted by molar-refractivity contribution is 0.265. The number of H-pyrrole nitrogens is 1. The van der Waals surface area contributed by atoms with Crippen molar-refractivity contribution in [2.75, 3.05) is 40.9 Å². The molecule has 0 bridgehead atoms. The van der Waals surface area contributed by atoms with Crippen molar-refractivity contribution in [3.05, 3.63) is 23.9 Å². The predicted molar refractivity (Wildman–Crippen MR) is 124 cm³/mol. The van der Waals surface area contributed by atoms with E-state index in [0.29, 0.717) is 18.0 Å². The summed E-state index contributed by atoms with van der Waals surface area (Å²) in [6.45, 7) is 9.91. The minimum atomic E-state index is 0.440. The number of aromatic amines is 1. The Kier molecular flexibility index (Phi) is 7.48. The van der Waals surface area contributed by atoms with Crippen LogP contribution in [0.1, 0.15) is 32.9 Å². The lowest BCUT2D eigenvalue weighted by Crippen LogP contribution is -2.47. The van der Waals surface area contributed by atoms with E-state index in [9.17, 15) is 0 Å². The quantitative estimate of drug-likeness (QED) is 0.351. The molecule has 7 heteroatoms. The average Bonchev–Trinajstić information content (AvgIpc) is 3.32. The topological polar surface area (TPSA) is 73.9 Å². The van der Waals surface area contributed by atoms with Crippen molar-refractivity contribution >= 4 is 16.9 Å². The molecular formula is C23H37N5O2. The summed E-state index contributed by atoms with van der Waals surface area (Å²) in [5, 5.41) is 8.16. The number of nitrogens with one attached hydrogen (secondary N) is 3. The van der Waals surface area contributed by atoms with Crippen LogP contribution in [-0.4, -0.2) is 68.8 Å². The van der Waals surface area contributed by atoms with Crippen LogP contribution in [0.5, 0.6) is 11.5 Å². The molecule has 1 saturated heterocycles. The van der Waals surface area contributed by atoms with Crippen molar-refractivity contribution in [2.24, 2.45) is 10.9 Å². The van der Waals surface area contributed by atoms with Crippen LogP contribution in [0.15, 0.2) is 23.2 Å². The maximum absolute atomic E-state index is 5.51. The van der Waals surface area contributed by atoms with Crippen LogP contribution in [-0.2, 0) is 6.42 Å². The molecule has 0 spiro atoms. The van der Waals surface area contributed by atoms with Gasteiger partial charge >= 0.3 is 0 Å². The number of ether oxygens (including phenoxy) is 2. The van der Waals surface area contributed by atoms with Gasteiger partial charge in [0.25, 0.3) is 0 Å². The number of aliphatic imine (C=N–C) groups is 1. The second kappa shape index (κ2) is 10.1. The van der Waals surface area contributed by atoms with Gasteiger partial charge in [-0.25, -0.2) is 0 Å². The third kappa shape index (κ3) is 5.19. The van der Waals surface area contributed by atoms with Crippen molar-refractivity contribution in [1.29, 1.82) is 0 Å². The number of likely N-dealkylation sites (tertiary alicyclic amines) is 1. The molecule has 0 aliphatic carbocycles. The van der Waals surface area contributed by atoms with Crippen LogP contribution >= 0.6 is 0 Å². The number of aromatic nitrogens is 1. The summed E-state index contributed by atoms with van der Waals surface area (Å²) < 4.78 is 10.9. The highest BCUT2D eigenvalue weighted by molar-refractivity contribution is 5.88. The number of rotatable bonds is 8. The first-order valence-corrected chi connectivity index (χ1v) is 10.9. The molecule has 3 rings (SSSR count). The first-order chi connectivity index (χ1) is 14.4. The first-order valence-electron chi connectivity index (χ1n) is 10.9. The molecule has 7 nitrogen and oxygen atoms in total. The number of hydrogen-bond acceptors (Lipinski definition) is 4. The van der Waals surface area contributed by atoms with Crippen LogP contribution in [0.25, 0.3) is 10.9 Å². The van der Waals surface area contributed by atoms with E-state index in [1.54, 1.807) is 14.2 Å². The summed E-state index contributed by atoms with van der Waals surface area (Å²) in [4.78, 5) is 10.4. The highest BCUT2D eigenvalue weighted by Crippen LogP contribution is 2.31. The Morgan fingerprint density at radius 2 is 2.03 bits per heavy atom. The fourth-order valence-corrected chi connectivity index (χ4v) is 4.13. The van der Waals surface area contributed by atoms with Crippen molar-refractivity contribution in [3.63, 3.8) is 0 Å². The molecule has 1 aromatic heterocycles. The number of guanidine groups is 1. The lowest BCUT2D eigenvalue weighted by atomic mass is 10.1. The van der Waals surface area contributed by atoms with E-state index in [0.717, 1.165) is 60.8 Å². The molecule has 30 heavy (non-hydrogen) atoms. The zero-order valence-electron chi connectivity index (χ0n) is 19.2. The standard InChI is InChI=1S/C23H37N5O2/c1-15(2)28-13-16(3)21(14-28)27-23(24-4)25-9-7-8-17-10-19-20(26-17)11-18(29-5)12-22(19)30-6/h10-12,15-16,21,26H,7-9,13-14H2,1-6H3,(H2,24,25,27). The van der Waals surface area contributed by atoms with Gasteiger partial charge < -0.3 is 25.1 Å².